The first-order valence-corrected chi connectivity index (χ1v) is 4.70. The number of nitrogens with one attached hydrogen (secondary N) is 1. The van der Waals surface area contributed by atoms with Crippen LogP contribution in [0.25, 0.3) is 0 Å². The third-order valence-corrected chi connectivity index (χ3v) is 2.21. The van der Waals surface area contributed by atoms with Crippen LogP contribution in [0.15, 0.2) is 24.3 Å². The molecule has 0 aromatic heterocycles. The van der Waals surface area contributed by atoms with E-state index in [4.69, 9.17) is 0 Å². The Morgan fingerprint density at radius 1 is 1.36 bits per heavy atom. The van der Waals surface area contributed by atoms with Gasteiger partial charge in [-0.05, 0) is 19.4 Å². The molecule has 80 valence electrons. The summed E-state index contributed by atoms with van der Waals surface area (Å²) in [6.45, 7) is 4.82. The van der Waals surface area contributed by atoms with Crippen molar-refractivity contribution >= 4 is 0 Å². The first kappa shape index (κ1) is 13.4. The maximum atomic E-state index is 13.1. The summed E-state index contributed by atoms with van der Waals surface area (Å²) in [4.78, 5) is 0. The van der Waals surface area contributed by atoms with E-state index in [-0.39, 0.29) is 18.2 Å². The summed E-state index contributed by atoms with van der Waals surface area (Å²) in [6.07, 6.45) is 1.06. The van der Waals surface area contributed by atoms with Gasteiger partial charge in [-0.25, -0.2) is 4.39 Å². The largest absolute Gasteiger partial charge is 1.00 e. The molecule has 1 aromatic rings. The van der Waals surface area contributed by atoms with Crippen molar-refractivity contribution in [2.75, 3.05) is 0 Å². The van der Waals surface area contributed by atoms with Crippen molar-refractivity contribution in [1.82, 2.24) is 5.32 Å². The highest BCUT2D eigenvalue weighted by Crippen LogP contribution is 2.06. The second kappa shape index (κ2) is 6.80. The lowest BCUT2D eigenvalue weighted by Gasteiger charge is -2.11. The van der Waals surface area contributed by atoms with E-state index in [9.17, 15) is 4.39 Å². The zero-order chi connectivity index (χ0) is 9.68. The van der Waals surface area contributed by atoms with E-state index in [1.54, 1.807) is 6.07 Å². The van der Waals surface area contributed by atoms with Crippen LogP contribution in [-0.4, -0.2) is 6.04 Å². The van der Waals surface area contributed by atoms with Crippen LogP contribution >= 0.6 is 0 Å². The van der Waals surface area contributed by atoms with Crippen LogP contribution in [0.5, 0.6) is 0 Å². The third-order valence-electron chi connectivity index (χ3n) is 2.21. The number of benzene rings is 1. The molecule has 0 aliphatic carbocycles. The third kappa shape index (κ3) is 4.07. The smallest absolute Gasteiger partial charge is 0.127 e. The predicted octanol–water partition coefficient (Wildman–Crippen LogP) is -0.282. The van der Waals surface area contributed by atoms with Gasteiger partial charge in [0.1, 0.15) is 5.82 Å². The van der Waals surface area contributed by atoms with E-state index < -0.39 is 0 Å². The molecule has 0 bridgehead atoms. The van der Waals surface area contributed by atoms with Crippen LogP contribution in [0.2, 0.25) is 0 Å². The van der Waals surface area contributed by atoms with Crippen LogP contribution in [0.1, 0.15) is 25.8 Å². The summed E-state index contributed by atoms with van der Waals surface area (Å²) in [5.74, 6) is -0.127. The van der Waals surface area contributed by atoms with E-state index in [1.807, 2.05) is 12.1 Å². The highest BCUT2D eigenvalue weighted by atomic mass is 35.5. The molecule has 0 radical (unpaired) electrons. The Morgan fingerprint density at radius 2 is 2.00 bits per heavy atom. The van der Waals surface area contributed by atoms with Crippen molar-refractivity contribution in [3.63, 3.8) is 0 Å². The first-order valence-electron chi connectivity index (χ1n) is 4.70. The summed E-state index contributed by atoms with van der Waals surface area (Å²) in [5.41, 5.74) is 0.739. The Balaban J connectivity index is 0.00000169. The van der Waals surface area contributed by atoms with Crippen molar-refractivity contribution in [2.24, 2.45) is 0 Å². The zero-order valence-electron chi connectivity index (χ0n) is 8.56. The normalized spacial score (nSPS) is 11.9. The van der Waals surface area contributed by atoms with Crippen molar-refractivity contribution in [3.8, 4) is 0 Å². The summed E-state index contributed by atoms with van der Waals surface area (Å²) in [7, 11) is 0. The lowest BCUT2D eigenvalue weighted by molar-refractivity contribution is -0.00000349. The van der Waals surface area contributed by atoms with Gasteiger partial charge in [-0.3, -0.25) is 0 Å². The maximum Gasteiger partial charge on any atom is 0.127 e. The van der Waals surface area contributed by atoms with Crippen LogP contribution in [0, 0.1) is 5.82 Å². The topological polar surface area (TPSA) is 12.0 Å². The molecule has 0 saturated carbocycles. The lowest BCUT2D eigenvalue weighted by Crippen LogP contribution is -3.00. The van der Waals surface area contributed by atoms with E-state index in [1.165, 1.54) is 6.07 Å². The quantitative estimate of drug-likeness (QED) is 0.730. The van der Waals surface area contributed by atoms with Gasteiger partial charge in [0.05, 0.1) is 0 Å². The molecule has 0 heterocycles. The van der Waals surface area contributed by atoms with E-state index in [2.05, 4.69) is 19.2 Å². The molecular weight excluding hydrogens is 201 g/mol. The van der Waals surface area contributed by atoms with Crippen LogP contribution in [-0.2, 0) is 6.54 Å². The maximum absolute atomic E-state index is 13.1. The van der Waals surface area contributed by atoms with Crippen LogP contribution in [0.3, 0.4) is 0 Å². The van der Waals surface area contributed by atoms with Gasteiger partial charge in [0.25, 0.3) is 0 Å². The summed E-state index contributed by atoms with van der Waals surface area (Å²) < 4.78 is 13.1. The second-order valence-electron chi connectivity index (χ2n) is 3.28. The molecule has 1 rings (SSSR count). The number of hydrogen-bond donors (Lipinski definition) is 1. The zero-order valence-corrected chi connectivity index (χ0v) is 9.31. The predicted molar refractivity (Wildman–Crippen MR) is 53.0 cm³/mol. The minimum absolute atomic E-state index is 0. The molecule has 1 aromatic carbocycles. The fraction of sp³-hybridized carbons (Fsp3) is 0.455. The van der Waals surface area contributed by atoms with E-state index in [0.29, 0.717) is 12.6 Å². The van der Waals surface area contributed by atoms with Gasteiger partial charge in [0, 0.05) is 18.2 Å². The minimum Gasteiger partial charge on any atom is -1.00 e. The van der Waals surface area contributed by atoms with Gasteiger partial charge < -0.3 is 17.7 Å². The standard InChI is InChI=1S/C11H16FN.ClH/c1-3-9(2)13-8-10-6-4-5-7-11(10)12;/h4-7,9,13H,3,8H2,1-2H3;1H/p-1. The van der Waals surface area contributed by atoms with Crippen LogP contribution in [0.4, 0.5) is 4.39 Å². The average molecular weight is 217 g/mol. The van der Waals surface area contributed by atoms with Gasteiger partial charge in [0.2, 0.25) is 0 Å². The second-order valence-corrected chi connectivity index (χ2v) is 3.28. The number of halogens is 2. The van der Waals surface area contributed by atoms with Crippen molar-refractivity contribution < 1.29 is 16.8 Å². The van der Waals surface area contributed by atoms with E-state index in [0.717, 1.165) is 12.0 Å². The molecule has 0 fully saturated rings. The lowest BCUT2D eigenvalue weighted by atomic mass is 10.2. The average Bonchev–Trinajstić information content (AvgIpc) is 2.16. The molecule has 3 heteroatoms. The Bertz CT molecular complexity index is 265. The molecule has 0 amide bonds. The van der Waals surface area contributed by atoms with Crippen molar-refractivity contribution in [1.29, 1.82) is 0 Å². The van der Waals surface area contributed by atoms with Gasteiger partial charge in [-0.1, -0.05) is 25.1 Å². The summed E-state index contributed by atoms with van der Waals surface area (Å²) >= 11 is 0. The fourth-order valence-electron chi connectivity index (χ4n) is 1.07. The van der Waals surface area contributed by atoms with E-state index >= 15 is 0 Å². The van der Waals surface area contributed by atoms with Gasteiger partial charge in [-0.2, -0.15) is 0 Å². The van der Waals surface area contributed by atoms with Gasteiger partial charge >= 0.3 is 0 Å². The number of hydrogen-bond acceptors (Lipinski definition) is 1. The molecule has 14 heavy (non-hydrogen) atoms. The summed E-state index contributed by atoms with van der Waals surface area (Å²) in [6, 6.07) is 7.32. The molecule has 1 N–H and O–H groups in total. The van der Waals surface area contributed by atoms with Crippen molar-refractivity contribution in [2.45, 2.75) is 32.9 Å². The molecular formula is C11H16ClFN-. The SMILES string of the molecule is CCC(C)NCc1ccccc1F.[Cl-]. The fourth-order valence-corrected chi connectivity index (χ4v) is 1.07. The van der Waals surface area contributed by atoms with Crippen LogP contribution < -0.4 is 17.7 Å². The Morgan fingerprint density at radius 3 is 2.57 bits per heavy atom. The van der Waals surface area contributed by atoms with Crippen molar-refractivity contribution in [3.05, 3.63) is 35.6 Å². The summed E-state index contributed by atoms with van der Waals surface area (Å²) in [5, 5.41) is 3.25. The molecule has 0 saturated heterocycles. The Labute approximate surface area is 91.1 Å². The highest BCUT2D eigenvalue weighted by Gasteiger charge is 2.01. The molecule has 1 atom stereocenters. The first-order chi connectivity index (χ1) is 6.24. The van der Waals surface area contributed by atoms with Gasteiger partial charge in [0.15, 0.2) is 0 Å². The molecule has 0 aliphatic rings. The Hall–Kier alpha value is -0.600. The minimum atomic E-state index is -0.127. The molecule has 1 nitrogen and oxygen atoms in total. The Kier molecular flexibility index (Phi) is 6.50. The van der Waals surface area contributed by atoms with Gasteiger partial charge in [-0.15, -0.1) is 0 Å². The molecule has 0 aliphatic heterocycles. The molecule has 0 spiro atoms. The number of rotatable bonds is 4. The monoisotopic (exact) mass is 216 g/mol. The molecule has 1 unspecified atom stereocenters. The highest BCUT2D eigenvalue weighted by molar-refractivity contribution is 5.16.